The van der Waals surface area contributed by atoms with E-state index in [0.29, 0.717) is 6.54 Å². The molecule has 0 aromatic heterocycles. The van der Waals surface area contributed by atoms with Crippen LogP contribution in [-0.2, 0) is 0 Å². The quantitative estimate of drug-likeness (QED) is 0.630. The lowest BCUT2D eigenvalue weighted by atomic mass is 10.1. The Bertz CT molecular complexity index is 585. The topological polar surface area (TPSA) is 41.1 Å². The first-order valence-electron chi connectivity index (χ1n) is 6.45. The summed E-state index contributed by atoms with van der Waals surface area (Å²) in [5, 5.41) is 7.89. The van der Waals surface area contributed by atoms with Gasteiger partial charge in [0.2, 0.25) is 0 Å². The van der Waals surface area contributed by atoms with E-state index in [4.69, 9.17) is 0 Å². The first-order valence-corrected chi connectivity index (χ1v) is 6.45. The number of fused-ring (bicyclic) bond motifs is 1. The molecule has 2 N–H and O–H groups in total. The van der Waals surface area contributed by atoms with Crippen LogP contribution in [0.25, 0.3) is 10.8 Å². The zero-order valence-corrected chi connectivity index (χ0v) is 11.0. The number of hydrogen-bond donors (Lipinski definition) is 2. The highest BCUT2D eigenvalue weighted by Crippen LogP contribution is 2.22. The molecule has 0 heterocycles. The van der Waals surface area contributed by atoms with Crippen LogP contribution in [0.5, 0.6) is 0 Å². The fourth-order valence-electron chi connectivity index (χ4n) is 1.94. The molecule has 98 valence electrons. The number of rotatable bonds is 4. The average molecular weight is 254 g/mol. The molecule has 0 aliphatic carbocycles. The van der Waals surface area contributed by atoms with Gasteiger partial charge in [-0.15, -0.1) is 0 Å². The van der Waals surface area contributed by atoms with Gasteiger partial charge in [-0.3, -0.25) is 0 Å². The van der Waals surface area contributed by atoms with E-state index in [9.17, 15) is 4.79 Å². The van der Waals surface area contributed by atoms with Crippen LogP contribution in [0.1, 0.15) is 13.3 Å². The molecule has 0 bridgehead atoms. The molecule has 0 spiro atoms. The number of benzene rings is 2. The number of urea groups is 1. The first kappa shape index (κ1) is 13.1. The maximum Gasteiger partial charge on any atom is 0.319 e. The number of amides is 2. The van der Waals surface area contributed by atoms with Crippen molar-refractivity contribution in [2.75, 3.05) is 11.9 Å². The van der Waals surface area contributed by atoms with Crippen LogP contribution >= 0.6 is 0 Å². The van der Waals surface area contributed by atoms with Gasteiger partial charge < -0.3 is 10.6 Å². The minimum Gasteiger partial charge on any atom is -0.338 e. The molecule has 3 nitrogen and oxygen atoms in total. The third-order valence-corrected chi connectivity index (χ3v) is 2.87. The molecule has 2 rings (SSSR count). The van der Waals surface area contributed by atoms with Gasteiger partial charge in [-0.1, -0.05) is 48.6 Å². The van der Waals surface area contributed by atoms with Crippen LogP contribution in [0.4, 0.5) is 10.5 Å². The maximum atomic E-state index is 11.8. The third kappa shape index (κ3) is 3.58. The third-order valence-electron chi connectivity index (χ3n) is 2.87. The van der Waals surface area contributed by atoms with E-state index in [1.165, 1.54) is 0 Å². The molecule has 2 aromatic rings. The molecule has 2 amide bonds. The van der Waals surface area contributed by atoms with Crippen molar-refractivity contribution in [2.24, 2.45) is 0 Å². The Kier molecular flexibility index (Phi) is 4.56. The number of allylic oxidation sites excluding steroid dienone is 1. The molecular weight excluding hydrogens is 236 g/mol. The summed E-state index contributed by atoms with van der Waals surface area (Å²) in [5.74, 6) is 0. The van der Waals surface area contributed by atoms with E-state index in [1.807, 2.05) is 61.5 Å². The molecule has 19 heavy (non-hydrogen) atoms. The average Bonchev–Trinajstić information content (AvgIpc) is 2.44. The number of carbonyl (C=O) groups is 1. The summed E-state index contributed by atoms with van der Waals surface area (Å²) in [6, 6.07) is 13.7. The summed E-state index contributed by atoms with van der Waals surface area (Å²) in [7, 11) is 0. The number of hydrogen-bond acceptors (Lipinski definition) is 1. The molecule has 0 unspecified atom stereocenters. The van der Waals surface area contributed by atoms with Crippen molar-refractivity contribution in [2.45, 2.75) is 13.3 Å². The van der Waals surface area contributed by atoms with E-state index in [0.717, 1.165) is 22.9 Å². The second-order valence-corrected chi connectivity index (χ2v) is 4.27. The van der Waals surface area contributed by atoms with Crippen LogP contribution in [0.3, 0.4) is 0 Å². The van der Waals surface area contributed by atoms with Gasteiger partial charge in [-0.25, -0.2) is 4.79 Å². The molecular formula is C16H18N2O. The predicted molar refractivity (Wildman–Crippen MR) is 80.4 cm³/mol. The number of nitrogens with one attached hydrogen (secondary N) is 2. The highest BCUT2D eigenvalue weighted by molar-refractivity contribution is 6.01. The zero-order chi connectivity index (χ0) is 13.5. The Morgan fingerprint density at radius 3 is 2.79 bits per heavy atom. The molecule has 0 atom stereocenters. The van der Waals surface area contributed by atoms with Gasteiger partial charge in [0, 0.05) is 11.9 Å². The summed E-state index contributed by atoms with van der Waals surface area (Å²) in [6.07, 6.45) is 4.85. The Balaban J connectivity index is 2.03. The minimum atomic E-state index is -0.166. The van der Waals surface area contributed by atoms with Gasteiger partial charge in [-0.05, 0) is 24.8 Å². The summed E-state index contributed by atoms with van der Waals surface area (Å²) >= 11 is 0. The van der Waals surface area contributed by atoms with Crippen LogP contribution in [-0.4, -0.2) is 12.6 Å². The lowest BCUT2D eigenvalue weighted by Gasteiger charge is -2.09. The Labute approximate surface area is 113 Å². The fourth-order valence-corrected chi connectivity index (χ4v) is 1.94. The van der Waals surface area contributed by atoms with Crippen molar-refractivity contribution in [1.29, 1.82) is 0 Å². The van der Waals surface area contributed by atoms with Crippen molar-refractivity contribution >= 4 is 22.5 Å². The molecule has 3 heteroatoms. The monoisotopic (exact) mass is 254 g/mol. The van der Waals surface area contributed by atoms with Crippen LogP contribution < -0.4 is 10.6 Å². The van der Waals surface area contributed by atoms with E-state index in [-0.39, 0.29) is 6.03 Å². The Morgan fingerprint density at radius 2 is 1.95 bits per heavy atom. The minimum absolute atomic E-state index is 0.166. The van der Waals surface area contributed by atoms with Gasteiger partial charge in [0.1, 0.15) is 0 Å². The summed E-state index contributed by atoms with van der Waals surface area (Å²) < 4.78 is 0. The van der Waals surface area contributed by atoms with Crippen molar-refractivity contribution in [3.05, 3.63) is 54.6 Å². The second kappa shape index (κ2) is 6.59. The fraction of sp³-hybridized carbons (Fsp3) is 0.188. The second-order valence-electron chi connectivity index (χ2n) is 4.27. The van der Waals surface area contributed by atoms with E-state index >= 15 is 0 Å². The highest BCUT2D eigenvalue weighted by Gasteiger charge is 2.03. The van der Waals surface area contributed by atoms with Gasteiger partial charge in [-0.2, -0.15) is 0 Å². The van der Waals surface area contributed by atoms with Crippen molar-refractivity contribution in [1.82, 2.24) is 5.32 Å². The summed E-state index contributed by atoms with van der Waals surface area (Å²) in [5.41, 5.74) is 0.835. The SMILES string of the molecule is C/C=C/CCNC(=O)Nc1cccc2ccccc12. The summed E-state index contributed by atoms with van der Waals surface area (Å²) in [4.78, 5) is 11.8. The van der Waals surface area contributed by atoms with Crippen LogP contribution in [0.2, 0.25) is 0 Å². The molecule has 2 aromatic carbocycles. The van der Waals surface area contributed by atoms with E-state index < -0.39 is 0 Å². The molecule has 0 saturated carbocycles. The lowest BCUT2D eigenvalue weighted by Crippen LogP contribution is -2.29. The van der Waals surface area contributed by atoms with Gasteiger partial charge in [0.05, 0.1) is 5.69 Å². The number of anilines is 1. The maximum absolute atomic E-state index is 11.8. The molecule has 0 fully saturated rings. The van der Waals surface area contributed by atoms with Gasteiger partial charge in [0.25, 0.3) is 0 Å². The lowest BCUT2D eigenvalue weighted by molar-refractivity contribution is 0.252. The first-order chi connectivity index (χ1) is 9.31. The van der Waals surface area contributed by atoms with Gasteiger partial charge in [0.15, 0.2) is 0 Å². The smallest absolute Gasteiger partial charge is 0.319 e. The summed E-state index contributed by atoms with van der Waals surface area (Å²) in [6.45, 7) is 2.61. The van der Waals surface area contributed by atoms with Crippen LogP contribution in [0, 0.1) is 0 Å². The van der Waals surface area contributed by atoms with E-state index in [1.54, 1.807) is 0 Å². The zero-order valence-electron chi connectivity index (χ0n) is 11.0. The van der Waals surface area contributed by atoms with Gasteiger partial charge >= 0.3 is 6.03 Å². The van der Waals surface area contributed by atoms with Crippen LogP contribution in [0.15, 0.2) is 54.6 Å². The van der Waals surface area contributed by atoms with Crippen molar-refractivity contribution in [3.8, 4) is 0 Å². The van der Waals surface area contributed by atoms with Crippen molar-refractivity contribution < 1.29 is 4.79 Å². The normalized spacial score (nSPS) is 10.8. The largest absolute Gasteiger partial charge is 0.338 e. The predicted octanol–water partition coefficient (Wildman–Crippen LogP) is 3.93. The standard InChI is InChI=1S/C16H18N2O/c1-2-3-6-12-17-16(19)18-15-11-7-9-13-8-4-5-10-14(13)15/h2-5,7-11H,6,12H2,1H3,(H2,17,18,19)/b3-2+. The molecule has 0 aliphatic heterocycles. The molecule has 0 saturated heterocycles. The Morgan fingerprint density at radius 1 is 1.16 bits per heavy atom. The molecule has 0 aliphatic rings. The molecule has 0 radical (unpaired) electrons. The highest BCUT2D eigenvalue weighted by atomic mass is 16.2. The number of carbonyl (C=O) groups excluding carboxylic acids is 1. The van der Waals surface area contributed by atoms with Crippen molar-refractivity contribution in [3.63, 3.8) is 0 Å². The Hall–Kier alpha value is -2.29. The van der Waals surface area contributed by atoms with E-state index in [2.05, 4.69) is 10.6 Å².